The fraction of sp³-hybridized carbons (Fsp3) is 0.650. The number of Topliss-reactive ketones (excluding diaryl/α,β-unsaturated/α-hetero) is 1. The van der Waals surface area contributed by atoms with Gasteiger partial charge in [0.05, 0.1) is 17.5 Å². The van der Waals surface area contributed by atoms with E-state index >= 15 is 0 Å². The highest BCUT2D eigenvalue weighted by molar-refractivity contribution is 7.89. The van der Waals surface area contributed by atoms with Gasteiger partial charge in [0.2, 0.25) is 10.0 Å². The summed E-state index contributed by atoms with van der Waals surface area (Å²) >= 11 is 0. The molecule has 28 heavy (non-hydrogen) atoms. The molecular weight excluding hydrogens is 378 g/mol. The molecule has 2 N–H and O–H groups in total. The Balaban J connectivity index is 1.89. The van der Waals surface area contributed by atoms with Gasteiger partial charge in [0, 0.05) is 18.4 Å². The number of benzene rings is 1. The molecular formula is C20H31N3O4S. The molecule has 2 aliphatic rings. The number of ether oxygens (including phenoxy) is 1. The molecule has 0 aromatic heterocycles. The van der Waals surface area contributed by atoms with Gasteiger partial charge in [0.25, 0.3) is 0 Å². The Hall–Kier alpha value is -1.32. The molecule has 1 aromatic carbocycles. The first-order valence-corrected chi connectivity index (χ1v) is 11.5. The average molecular weight is 410 g/mol. The number of carbonyl (C=O) groups is 1. The molecule has 1 unspecified atom stereocenters. The molecule has 0 saturated carbocycles. The maximum Gasteiger partial charge on any atom is 0.245 e. The van der Waals surface area contributed by atoms with Crippen molar-refractivity contribution < 1.29 is 17.9 Å². The first-order valence-electron chi connectivity index (χ1n) is 10.1. The molecule has 2 aliphatic heterocycles. The number of unbranched alkanes of at least 4 members (excludes halogenated alkanes) is 1. The summed E-state index contributed by atoms with van der Waals surface area (Å²) in [5.74, 6) is -0.0781. The minimum absolute atomic E-state index is 0.0781. The van der Waals surface area contributed by atoms with Crippen LogP contribution in [0.4, 0.5) is 0 Å². The van der Waals surface area contributed by atoms with Crippen LogP contribution >= 0.6 is 0 Å². The van der Waals surface area contributed by atoms with Gasteiger partial charge in [0.1, 0.15) is 5.72 Å². The Labute approximate surface area is 167 Å². The number of nitrogens with zero attached hydrogens (tertiary/aromatic N) is 1. The van der Waals surface area contributed by atoms with Gasteiger partial charge in [-0.3, -0.25) is 4.79 Å². The molecule has 156 valence electrons. The van der Waals surface area contributed by atoms with Gasteiger partial charge < -0.3 is 15.4 Å². The number of rotatable bonds is 8. The number of carbonyl (C=O) groups excluding carboxylic acids is 1. The number of piperidine rings is 1. The van der Waals surface area contributed by atoms with E-state index in [2.05, 4.69) is 10.6 Å². The second-order valence-corrected chi connectivity index (χ2v) is 9.46. The lowest BCUT2D eigenvalue weighted by Crippen LogP contribution is -2.56. The van der Waals surface area contributed by atoms with Crippen molar-refractivity contribution in [3.05, 3.63) is 29.8 Å². The third-order valence-corrected chi connectivity index (χ3v) is 7.71. The Kier molecular flexibility index (Phi) is 6.88. The topological polar surface area (TPSA) is 87.7 Å². The van der Waals surface area contributed by atoms with Crippen LogP contribution in [0, 0.1) is 0 Å². The van der Waals surface area contributed by atoms with Crippen molar-refractivity contribution in [1.29, 1.82) is 0 Å². The quantitative estimate of drug-likeness (QED) is 0.502. The van der Waals surface area contributed by atoms with Crippen LogP contribution in [-0.4, -0.2) is 63.6 Å². The first-order chi connectivity index (χ1) is 13.4. The molecule has 2 fully saturated rings. The van der Waals surface area contributed by atoms with Crippen molar-refractivity contribution in [2.75, 3.05) is 33.3 Å². The minimum Gasteiger partial charge on any atom is -0.358 e. The number of nitrogens with one attached hydrogen (secondary N) is 2. The van der Waals surface area contributed by atoms with Crippen LogP contribution in [0.25, 0.3) is 0 Å². The Morgan fingerprint density at radius 1 is 1.25 bits per heavy atom. The molecule has 1 atom stereocenters. The number of hydrogen-bond acceptors (Lipinski definition) is 6. The lowest BCUT2D eigenvalue weighted by molar-refractivity contribution is -0.0715. The van der Waals surface area contributed by atoms with Gasteiger partial charge in [-0.1, -0.05) is 18.6 Å². The van der Waals surface area contributed by atoms with Crippen molar-refractivity contribution in [2.45, 2.75) is 55.7 Å². The fourth-order valence-corrected chi connectivity index (χ4v) is 6.11. The monoisotopic (exact) mass is 409 g/mol. The van der Waals surface area contributed by atoms with E-state index in [9.17, 15) is 13.2 Å². The summed E-state index contributed by atoms with van der Waals surface area (Å²) in [5, 5.41) is 6.43. The summed E-state index contributed by atoms with van der Waals surface area (Å²) in [6, 6.07) is 6.09. The van der Waals surface area contributed by atoms with Gasteiger partial charge in [-0.15, -0.1) is 0 Å². The fourth-order valence-electron chi connectivity index (χ4n) is 4.17. The SMILES string of the molecule is CNCCCCC1COC2(CCNCC2)N1S(=O)(=O)c1ccc(C(C)=O)cc1. The molecule has 0 bridgehead atoms. The second kappa shape index (κ2) is 9.00. The summed E-state index contributed by atoms with van der Waals surface area (Å²) < 4.78 is 35.0. The largest absolute Gasteiger partial charge is 0.358 e. The lowest BCUT2D eigenvalue weighted by Gasteiger charge is -2.41. The minimum atomic E-state index is -3.73. The smallest absolute Gasteiger partial charge is 0.245 e. The van der Waals surface area contributed by atoms with E-state index < -0.39 is 15.7 Å². The maximum atomic E-state index is 13.6. The van der Waals surface area contributed by atoms with Crippen LogP contribution < -0.4 is 10.6 Å². The zero-order valence-electron chi connectivity index (χ0n) is 16.7. The molecule has 2 heterocycles. The van der Waals surface area contributed by atoms with Crippen molar-refractivity contribution in [2.24, 2.45) is 0 Å². The van der Waals surface area contributed by atoms with E-state index in [1.54, 1.807) is 16.4 Å². The third-order valence-electron chi connectivity index (χ3n) is 5.69. The van der Waals surface area contributed by atoms with Crippen LogP contribution in [-0.2, 0) is 14.8 Å². The van der Waals surface area contributed by atoms with Crippen LogP contribution in [0.5, 0.6) is 0 Å². The van der Waals surface area contributed by atoms with Gasteiger partial charge in [0.15, 0.2) is 5.78 Å². The standard InChI is InChI=1S/C20H31N3O4S/c1-16(24)17-6-8-19(9-7-17)28(25,26)23-18(5-3-4-12-21-2)15-27-20(23)10-13-22-14-11-20/h6-9,18,21-22H,3-5,10-15H2,1-2H3. The van der Waals surface area contributed by atoms with E-state index in [0.29, 0.717) is 25.0 Å². The molecule has 0 aliphatic carbocycles. The van der Waals surface area contributed by atoms with E-state index in [1.807, 2.05) is 7.05 Å². The average Bonchev–Trinajstić information content (AvgIpc) is 3.04. The van der Waals surface area contributed by atoms with Crippen LogP contribution in [0.2, 0.25) is 0 Å². The van der Waals surface area contributed by atoms with Crippen LogP contribution in [0.3, 0.4) is 0 Å². The first kappa shape index (κ1) is 21.4. The molecule has 2 saturated heterocycles. The third kappa shape index (κ3) is 4.31. The van der Waals surface area contributed by atoms with Gasteiger partial charge >= 0.3 is 0 Å². The molecule has 7 nitrogen and oxygen atoms in total. The maximum absolute atomic E-state index is 13.6. The number of ketones is 1. The van der Waals surface area contributed by atoms with E-state index in [-0.39, 0.29) is 16.7 Å². The summed E-state index contributed by atoms with van der Waals surface area (Å²) in [6.45, 7) is 4.30. The van der Waals surface area contributed by atoms with Crippen molar-refractivity contribution in [3.8, 4) is 0 Å². The summed E-state index contributed by atoms with van der Waals surface area (Å²) in [4.78, 5) is 11.8. The second-order valence-electron chi connectivity index (χ2n) is 7.64. The molecule has 1 spiro atoms. The summed E-state index contributed by atoms with van der Waals surface area (Å²) in [5.41, 5.74) is -0.256. The van der Waals surface area contributed by atoms with Crippen LogP contribution in [0.1, 0.15) is 49.4 Å². The van der Waals surface area contributed by atoms with Gasteiger partial charge in [-0.05, 0) is 58.6 Å². The highest BCUT2D eigenvalue weighted by atomic mass is 32.2. The molecule has 1 aromatic rings. The lowest BCUT2D eigenvalue weighted by atomic mass is 10.0. The highest BCUT2D eigenvalue weighted by Gasteiger charge is 2.53. The number of sulfonamides is 1. The van der Waals surface area contributed by atoms with Crippen molar-refractivity contribution >= 4 is 15.8 Å². The molecule has 0 amide bonds. The van der Waals surface area contributed by atoms with E-state index in [0.717, 1.165) is 38.9 Å². The van der Waals surface area contributed by atoms with E-state index in [4.69, 9.17) is 4.74 Å². The highest BCUT2D eigenvalue weighted by Crippen LogP contribution is 2.41. The normalized spacial score (nSPS) is 22.6. The van der Waals surface area contributed by atoms with Crippen molar-refractivity contribution in [1.82, 2.24) is 14.9 Å². The Morgan fingerprint density at radius 2 is 1.93 bits per heavy atom. The van der Waals surface area contributed by atoms with Gasteiger partial charge in [-0.2, -0.15) is 4.31 Å². The summed E-state index contributed by atoms with van der Waals surface area (Å²) in [7, 11) is -1.81. The van der Waals surface area contributed by atoms with E-state index in [1.165, 1.54) is 19.1 Å². The molecule has 0 radical (unpaired) electrons. The Bertz CT molecular complexity index is 773. The summed E-state index contributed by atoms with van der Waals surface area (Å²) in [6.07, 6.45) is 4.01. The predicted octanol–water partition coefficient (Wildman–Crippen LogP) is 1.75. The van der Waals surface area contributed by atoms with Crippen molar-refractivity contribution in [3.63, 3.8) is 0 Å². The molecule has 3 rings (SSSR count). The molecule has 8 heteroatoms. The zero-order chi connectivity index (χ0) is 20.2. The van der Waals surface area contributed by atoms with Crippen LogP contribution in [0.15, 0.2) is 29.2 Å². The Morgan fingerprint density at radius 3 is 2.54 bits per heavy atom. The zero-order valence-corrected chi connectivity index (χ0v) is 17.6. The number of hydrogen-bond donors (Lipinski definition) is 2. The predicted molar refractivity (Wildman–Crippen MR) is 108 cm³/mol. The van der Waals surface area contributed by atoms with Gasteiger partial charge in [-0.25, -0.2) is 8.42 Å².